The van der Waals surface area contributed by atoms with E-state index in [2.05, 4.69) is 20.3 Å². The number of nitrogens with zero attached hydrogens (tertiary/aromatic N) is 1. The largest absolute Gasteiger partial charge is 0.356 e. The van der Waals surface area contributed by atoms with Gasteiger partial charge < -0.3 is 10.6 Å². The third-order valence-electron chi connectivity index (χ3n) is 5.70. The van der Waals surface area contributed by atoms with Crippen LogP contribution in [0.25, 0.3) is 0 Å². The summed E-state index contributed by atoms with van der Waals surface area (Å²) in [5.41, 5.74) is 0.542. The van der Waals surface area contributed by atoms with Crippen LogP contribution in [0.5, 0.6) is 0 Å². The van der Waals surface area contributed by atoms with Gasteiger partial charge >= 0.3 is 0 Å². The molecule has 1 saturated carbocycles. The Morgan fingerprint density at radius 2 is 1.73 bits per heavy atom. The average Bonchev–Trinajstić information content (AvgIpc) is 3.22. The molecular formula is C23H33ClN4O3S2. The molecule has 0 bridgehead atoms. The summed E-state index contributed by atoms with van der Waals surface area (Å²) in [4.78, 5) is 16.5. The van der Waals surface area contributed by atoms with E-state index < -0.39 is 10.0 Å². The molecule has 182 valence electrons. The van der Waals surface area contributed by atoms with Gasteiger partial charge in [0.1, 0.15) is 0 Å². The van der Waals surface area contributed by atoms with Crippen LogP contribution in [0, 0.1) is 0 Å². The van der Waals surface area contributed by atoms with Gasteiger partial charge in [0.15, 0.2) is 5.13 Å². The summed E-state index contributed by atoms with van der Waals surface area (Å²) < 4.78 is 27.3. The van der Waals surface area contributed by atoms with E-state index in [1.165, 1.54) is 69.2 Å². The predicted octanol–water partition coefficient (Wildman–Crippen LogP) is 4.74. The first kappa shape index (κ1) is 25.9. The van der Waals surface area contributed by atoms with Gasteiger partial charge in [-0.15, -0.1) is 11.3 Å². The highest BCUT2D eigenvalue weighted by molar-refractivity contribution is 7.93. The molecule has 0 unspecified atom stereocenters. The molecule has 1 fully saturated rings. The Morgan fingerprint density at radius 3 is 2.45 bits per heavy atom. The van der Waals surface area contributed by atoms with Crippen molar-refractivity contribution in [1.82, 2.24) is 15.6 Å². The van der Waals surface area contributed by atoms with Crippen molar-refractivity contribution in [2.75, 3.05) is 17.8 Å². The molecule has 1 aromatic heterocycles. The van der Waals surface area contributed by atoms with Crippen LogP contribution >= 0.6 is 22.9 Å². The number of rotatable bonds is 13. The number of carbonyl (C=O) groups excluding carboxylic acids is 1. The number of nitrogens with one attached hydrogen (secondary N) is 3. The number of hydrogen-bond donors (Lipinski definition) is 3. The van der Waals surface area contributed by atoms with Crippen LogP contribution in [0.15, 0.2) is 34.5 Å². The lowest BCUT2D eigenvalue weighted by molar-refractivity contribution is -0.120. The summed E-state index contributed by atoms with van der Waals surface area (Å²) in [6.07, 6.45) is 11.3. The van der Waals surface area contributed by atoms with Crippen LogP contribution < -0.4 is 15.4 Å². The lowest BCUT2D eigenvalue weighted by atomic mass is 9.95. The Balaban J connectivity index is 1.28. The Labute approximate surface area is 205 Å². The van der Waals surface area contributed by atoms with Gasteiger partial charge in [0, 0.05) is 23.0 Å². The molecular weight excluding hydrogens is 480 g/mol. The second kappa shape index (κ2) is 13.3. The fourth-order valence-electron chi connectivity index (χ4n) is 3.89. The summed E-state index contributed by atoms with van der Waals surface area (Å²) >= 11 is 6.96. The van der Waals surface area contributed by atoms with E-state index in [1.807, 2.05) is 0 Å². The third kappa shape index (κ3) is 9.23. The van der Waals surface area contributed by atoms with Crippen LogP contribution in [0.1, 0.15) is 63.5 Å². The first-order valence-corrected chi connectivity index (χ1v) is 14.4. The monoisotopic (exact) mass is 512 g/mol. The first-order valence-electron chi connectivity index (χ1n) is 11.7. The molecule has 0 saturated heterocycles. The van der Waals surface area contributed by atoms with E-state index in [1.54, 1.807) is 5.38 Å². The van der Waals surface area contributed by atoms with Gasteiger partial charge in [-0.05, 0) is 56.5 Å². The number of carbonyl (C=O) groups is 1. The molecule has 1 aliphatic carbocycles. The Bertz CT molecular complexity index is 974. The van der Waals surface area contributed by atoms with Gasteiger partial charge in [-0.3, -0.25) is 9.52 Å². The molecule has 0 spiro atoms. The summed E-state index contributed by atoms with van der Waals surface area (Å²) in [5, 5.41) is 8.97. The molecule has 3 N–H and O–H groups in total. The van der Waals surface area contributed by atoms with Crippen LogP contribution in [-0.4, -0.2) is 38.4 Å². The van der Waals surface area contributed by atoms with Gasteiger partial charge in [0.25, 0.3) is 10.0 Å². The number of sulfonamides is 1. The van der Waals surface area contributed by atoms with Crippen molar-refractivity contribution in [2.45, 2.75) is 75.1 Å². The smallest absolute Gasteiger partial charge is 0.263 e. The molecule has 33 heavy (non-hydrogen) atoms. The summed E-state index contributed by atoms with van der Waals surface area (Å²) in [5.74, 6) is -0.105. The Kier molecular flexibility index (Phi) is 10.4. The van der Waals surface area contributed by atoms with E-state index in [0.29, 0.717) is 17.3 Å². The highest BCUT2D eigenvalue weighted by Crippen LogP contribution is 2.21. The summed E-state index contributed by atoms with van der Waals surface area (Å²) in [7, 11) is -3.74. The van der Waals surface area contributed by atoms with Gasteiger partial charge in [-0.2, -0.15) is 0 Å². The van der Waals surface area contributed by atoms with Crippen molar-refractivity contribution in [3.8, 4) is 0 Å². The van der Waals surface area contributed by atoms with Crippen LogP contribution in [0.3, 0.4) is 0 Å². The van der Waals surface area contributed by atoms with E-state index in [9.17, 15) is 13.2 Å². The maximum Gasteiger partial charge on any atom is 0.263 e. The van der Waals surface area contributed by atoms with Crippen LogP contribution in [0.4, 0.5) is 5.13 Å². The zero-order chi connectivity index (χ0) is 23.5. The van der Waals surface area contributed by atoms with Crippen molar-refractivity contribution < 1.29 is 13.2 Å². The van der Waals surface area contributed by atoms with Crippen LogP contribution in [-0.2, 0) is 21.2 Å². The van der Waals surface area contributed by atoms with Gasteiger partial charge in [0.2, 0.25) is 5.91 Å². The zero-order valence-electron chi connectivity index (χ0n) is 18.8. The molecule has 3 rings (SSSR count). The van der Waals surface area contributed by atoms with Crippen molar-refractivity contribution in [3.05, 3.63) is 40.4 Å². The molecule has 1 aliphatic rings. The van der Waals surface area contributed by atoms with Crippen LogP contribution in [0.2, 0.25) is 5.02 Å². The lowest BCUT2D eigenvalue weighted by Gasteiger charge is -2.22. The lowest BCUT2D eigenvalue weighted by Crippen LogP contribution is -2.31. The number of halogens is 1. The SMILES string of the molecule is O=C(Cc1csc(NS(=O)(=O)c2ccc(Cl)cc2)n1)NCCCCCCNC1CCCCC1. The Hall–Kier alpha value is -1.68. The predicted molar refractivity (Wildman–Crippen MR) is 134 cm³/mol. The normalized spacial score (nSPS) is 14.8. The number of anilines is 1. The molecule has 7 nitrogen and oxygen atoms in total. The minimum atomic E-state index is -3.74. The van der Waals surface area contributed by atoms with E-state index in [-0.39, 0.29) is 22.4 Å². The second-order valence-corrected chi connectivity index (χ2v) is 11.4. The maximum absolute atomic E-state index is 12.4. The molecule has 1 aromatic carbocycles. The molecule has 0 atom stereocenters. The van der Waals surface area contributed by atoms with E-state index >= 15 is 0 Å². The van der Waals surface area contributed by atoms with Crippen molar-refractivity contribution in [1.29, 1.82) is 0 Å². The van der Waals surface area contributed by atoms with Crippen molar-refractivity contribution in [3.63, 3.8) is 0 Å². The Morgan fingerprint density at radius 1 is 1.03 bits per heavy atom. The van der Waals surface area contributed by atoms with E-state index in [0.717, 1.165) is 36.8 Å². The molecule has 0 aliphatic heterocycles. The topological polar surface area (TPSA) is 100 Å². The number of hydrogen-bond acceptors (Lipinski definition) is 6. The molecule has 2 aromatic rings. The van der Waals surface area contributed by atoms with Gasteiger partial charge in [0.05, 0.1) is 17.0 Å². The fraction of sp³-hybridized carbons (Fsp3) is 0.565. The minimum absolute atomic E-state index is 0.103. The van der Waals surface area contributed by atoms with Gasteiger partial charge in [-0.25, -0.2) is 13.4 Å². The van der Waals surface area contributed by atoms with Crippen molar-refractivity contribution in [2.24, 2.45) is 0 Å². The summed E-state index contributed by atoms with van der Waals surface area (Å²) in [6, 6.07) is 6.61. The number of amides is 1. The quantitative estimate of drug-likeness (QED) is 0.336. The van der Waals surface area contributed by atoms with Gasteiger partial charge in [-0.1, -0.05) is 43.7 Å². The average molecular weight is 513 g/mol. The number of aromatic nitrogens is 1. The molecule has 1 heterocycles. The second-order valence-electron chi connectivity index (χ2n) is 8.43. The number of unbranched alkanes of at least 4 members (excludes halogenated alkanes) is 3. The van der Waals surface area contributed by atoms with Crippen molar-refractivity contribution >= 4 is 44.0 Å². The fourth-order valence-corrected chi connectivity index (χ4v) is 5.98. The molecule has 1 amide bonds. The number of benzene rings is 1. The summed E-state index contributed by atoms with van der Waals surface area (Å²) in [6.45, 7) is 1.74. The highest BCUT2D eigenvalue weighted by Gasteiger charge is 2.17. The highest BCUT2D eigenvalue weighted by atomic mass is 35.5. The minimum Gasteiger partial charge on any atom is -0.356 e. The maximum atomic E-state index is 12.4. The zero-order valence-corrected chi connectivity index (χ0v) is 21.2. The standard InChI is InChI=1S/C23H33ClN4O3S2/c24-18-10-12-21(13-11-18)33(30,31)28-23-27-20(17-32-23)16-22(29)26-15-7-2-1-6-14-25-19-8-4-3-5-9-19/h10-13,17,19,25H,1-9,14-16H2,(H,26,29)(H,27,28). The third-order valence-corrected chi connectivity index (χ3v) is 8.25. The number of thiazole rings is 1. The molecule has 10 heteroatoms. The first-order chi connectivity index (χ1) is 15.9. The molecule has 0 radical (unpaired) electrons. The van der Waals surface area contributed by atoms with E-state index in [4.69, 9.17) is 11.6 Å².